The first kappa shape index (κ1) is 60.0. The van der Waals surface area contributed by atoms with Gasteiger partial charge in [-0.3, -0.25) is 0 Å². The van der Waals surface area contributed by atoms with E-state index in [4.69, 9.17) is 9.78 Å². The Balaban J connectivity index is 0. The summed E-state index contributed by atoms with van der Waals surface area (Å²) in [5.41, 5.74) is 0. The van der Waals surface area contributed by atoms with Gasteiger partial charge in [0.05, 0.1) is 25.7 Å². The van der Waals surface area contributed by atoms with Gasteiger partial charge in [-0.15, -0.1) is 0 Å². The zero-order chi connectivity index (χ0) is 44.3. The predicted molar refractivity (Wildman–Crippen MR) is 250 cm³/mol. The Labute approximate surface area is 371 Å². The van der Waals surface area contributed by atoms with E-state index in [0.717, 1.165) is 64.2 Å². The normalized spacial score (nSPS) is 10.9. The van der Waals surface area contributed by atoms with E-state index >= 15 is 0 Å². The highest BCUT2D eigenvalue weighted by Gasteiger charge is 2.11. The fraction of sp³-hybridized carbons (Fsp3) is 0.923. The Morgan fingerprint density at radius 2 is 0.317 bits per heavy atom. The van der Waals surface area contributed by atoms with Crippen molar-refractivity contribution in [1.82, 2.24) is 0 Å². The van der Waals surface area contributed by atoms with Crippen molar-refractivity contribution in [3.05, 3.63) is 0 Å². The van der Waals surface area contributed by atoms with Crippen LogP contribution in [0.3, 0.4) is 0 Å². The molecule has 0 amide bonds. The minimum Gasteiger partial charge on any atom is -0.247 e. The highest BCUT2D eigenvalue weighted by molar-refractivity contribution is 5.73. The quantitative estimate of drug-likeness (QED) is 0.0339. The first-order chi connectivity index (χ1) is 29.4. The van der Waals surface area contributed by atoms with Gasteiger partial charge < -0.3 is 0 Å². The Hall–Kier alpha value is -2.12. The minimum absolute atomic E-state index is 0.327. The second-order valence-electron chi connectivity index (χ2n) is 17.5. The number of hydrogen-bond acceptors (Lipinski definition) is 8. The molecule has 8 nitrogen and oxygen atoms in total. The van der Waals surface area contributed by atoms with Crippen LogP contribution in [0.25, 0.3) is 0 Å². The molecule has 0 aliphatic carbocycles. The summed E-state index contributed by atoms with van der Waals surface area (Å²) in [5, 5.41) is 0. The summed E-state index contributed by atoms with van der Waals surface area (Å²) in [6.45, 7) is 8.84. The third-order valence-electron chi connectivity index (χ3n) is 11.4. The van der Waals surface area contributed by atoms with Gasteiger partial charge >= 0.3 is 23.9 Å². The molecule has 0 saturated heterocycles. The summed E-state index contributed by atoms with van der Waals surface area (Å²) in [6.07, 6.45) is 50.9. The fourth-order valence-electron chi connectivity index (χ4n) is 7.38. The average Bonchev–Trinajstić information content (AvgIpc) is 3.25. The summed E-state index contributed by atoms with van der Waals surface area (Å²) in [7, 11) is 0. The molecule has 0 rings (SSSR count). The Bertz CT molecular complexity index is 834. The molecule has 0 unspecified atom stereocenters. The highest BCUT2D eigenvalue weighted by atomic mass is 17.2. The third-order valence-corrected chi connectivity index (χ3v) is 11.4. The largest absolute Gasteiger partial charge is 0.355 e. The lowest BCUT2D eigenvalue weighted by Crippen LogP contribution is -2.11. The molecule has 0 aromatic heterocycles. The van der Waals surface area contributed by atoms with Crippen LogP contribution in [-0.2, 0) is 38.7 Å². The van der Waals surface area contributed by atoms with Crippen molar-refractivity contribution in [3.8, 4) is 0 Å². The maximum Gasteiger partial charge on any atom is 0.355 e. The van der Waals surface area contributed by atoms with E-state index in [2.05, 4.69) is 37.5 Å². The summed E-state index contributed by atoms with van der Waals surface area (Å²) < 4.78 is 0. The van der Waals surface area contributed by atoms with E-state index in [1.54, 1.807) is 0 Å². The lowest BCUT2D eigenvalue weighted by Gasteiger charge is -2.05. The number of unbranched alkanes of at least 4 members (excludes halogenated alkanes) is 36. The molecule has 60 heavy (non-hydrogen) atoms. The summed E-state index contributed by atoms with van der Waals surface area (Å²) in [6, 6.07) is 0. The van der Waals surface area contributed by atoms with Gasteiger partial charge in [0.25, 0.3) is 0 Å². The zero-order valence-electron chi connectivity index (χ0n) is 40.4. The Morgan fingerprint density at radius 1 is 0.200 bits per heavy atom. The van der Waals surface area contributed by atoms with Crippen LogP contribution in [0, 0.1) is 0 Å². The number of hydrogen-bond donors (Lipinski definition) is 0. The van der Waals surface area contributed by atoms with Crippen LogP contribution in [0.15, 0.2) is 0 Å². The van der Waals surface area contributed by atoms with Crippen molar-refractivity contribution in [2.24, 2.45) is 0 Å². The predicted octanol–water partition coefficient (Wildman–Crippen LogP) is 17.2. The summed E-state index contributed by atoms with van der Waals surface area (Å²) in [5.74, 6) is -1.72. The van der Waals surface area contributed by atoms with E-state index in [1.165, 1.54) is 193 Å². The second kappa shape index (κ2) is 53.0. The highest BCUT2D eigenvalue weighted by Crippen LogP contribution is 2.16. The van der Waals surface area contributed by atoms with Crippen molar-refractivity contribution < 1.29 is 38.7 Å². The van der Waals surface area contributed by atoms with E-state index in [1.807, 2.05) is 0 Å². The van der Waals surface area contributed by atoms with Gasteiger partial charge in [-0.2, -0.15) is 0 Å². The molecule has 0 spiro atoms. The number of rotatable bonds is 44. The van der Waals surface area contributed by atoms with Crippen LogP contribution in [0.5, 0.6) is 0 Å². The van der Waals surface area contributed by atoms with Crippen LogP contribution in [0.2, 0.25) is 0 Å². The van der Waals surface area contributed by atoms with Crippen molar-refractivity contribution in [3.63, 3.8) is 0 Å². The van der Waals surface area contributed by atoms with Crippen LogP contribution >= 0.6 is 0 Å². The molecule has 0 aromatic rings. The van der Waals surface area contributed by atoms with Gasteiger partial charge in [0.1, 0.15) is 0 Å². The Kier molecular flexibility index (Phi) is 53.0. The summed E-state index contributed by atoms with van der Waals surface area (Å²) >= 11 is 0. The minimum atomic E-state index is -0.444. The average molecular weight is 853 g/mol. The molecule has 356 valence electrons. The van der Waals surface area contributed by atoms with E-state index in [-0.39, 0.29) is 0 Å². The third kappa shape index (κ3) is 53.9. The molecule has 0 aliphatic rings. The molecule has 0 radical (unpaired) electrons. The Morgan fingerprint density at radius 3 is 0.450 bits per heavy atom. The first-order valence-electron chi connectivity index (χ1n) is 26.2. The maximum atomic E-state index is 11.8. The van der Waals surface area contributed by atoms with Gasteiger partial charge in [-0.1, -0.05) is 259 Å². The van der Waals surface area contributed by atoms with Crippen LogP contribution in [-0.4, -0.2) is 23.9 Å². The molecule has 8 heteroatoms. The van der Waals surface area contributed by atoms with Gasteiger partial charge in [-0.25, -0.2) is 38.7 Å². The van der Waals surface area contributed by atoms with E-state index in [9.17, 15) is 19.2 Å². The first-order valence-corrected chi connectivity index (χ1v) is 26.2. The topological polar surface area (TPSA) is 105 Å². The van der Waals surface area contributed by atoms with Crippen molar-refractivity contribution in [2.45, 2.75) is 310 Å². The van der Waals surface area contributed by atoms with E-state index < -0.39 is 23.9 Å². The smallest absolute Gasteiger partial charge is 0.247 e. The summed E-state index contributed by atoms with van der Waals surface area (Å²) in [4.78, 5) is 64.6. The van der Waals surface area contributed by atoms with Crippen molar-refractivity contribution in [2.75, 3.05) is 0 Å². The SMILES string of the molecule is CCCCCCCC(=O)OOC(=O)CCCCCCC.CCCCCCCCCCCCCCCCCC(=O)OOC(=O)CCCCCCCCCCCCCCCCC. The molecule has 0 fully saturated rings. The molecular formula is C52H100O8. The maximum absolute atomic E-state index is 11.8. The van der Waals surface area contributed by atoms with Gasteiger partial charge in [0.2, 0.25) is 0 Å². The molecule has 0 aromatic carbocycles. The zero-order valence-corrected chi connectivity index (χ0v) is 40.4. The van der Waals surface area contributed by atoms with E-state index in [0.29, 0.717) is 25.7 Å². The van der Waals surface area contributed by atoms with Gasteiger partial charge in [0, 0.05) is 0 Å². The second-order valence-corrected chi connectivity index (χ2v) is 17.5. The lowest BCUT2D eigenvalue weighted by atomic mass is 10.0. The lowest BCUT2D eigenvalue weighted by molar-refractivity contribution is -0.259. The molecule has 0 bridgehead atoms. The molecule has 0 saturated carbocycles. The number of carbonyl (C=O) groups is 4. The van der Waals surface area contributed by atoms with Crippen molar-refractivity contribution >= 4 is 23.9 Å². The van der Waals surface area contributed by atoms with Crippen molar-refractivity contribution in [1.29, 1.82) is 0 Å². The molecular weight excluding hydrogens is 753 g/mol. The standard InChI is InChI=1S/C36H70O4.C16H30O4/c1-3-5-7-9-11-13-15-17-19-21-23-25-27-29-31-33-35(37)39-40-36(38)34-32-30-28-26-24-22-20-18-16-14-12-10-8-6-4-2;1-3-5-7-9-11-13-15(17)19-20-16(18)14-12-10-8-6-4-2/h3-34H2,1-2H3;3-14H2,1-2H3. The van der Waals surface area contributed by atoms with Gasteiger partial charge in [0.15, 0.2) is 0 Å². The van der Waals surface area contributed by atoms with Crippen LogP contribution < -0.4 is 0 Å². The fourth-order valence-corrected chi connectivity index (χ4v) is 7.38. The van der Waals surface area contributed by atoms with Crippen LogP contribution in [0.1, 0.15) is 310 Å². The molecule has 0 aliphatic heterocycles. The molecule has 0 heterocycles. The molecule has 0 N–H and O–H groups in total. The number of carbonyl (C=O) groups excluding carboxylic acids is 4. The molecule has 0 atom stereocenters. The van der Waals surface area contributed by atoms with Crippen LogP contribution in [0.4, 0.5) is 0 Å². The monoisotopic (exact) mass is 853 g/mol. The van der Waals surface area contributed by atoms with Gasteiger partial charge in [-0.05, 0) is 25.7 Å².